The van der Waals surface area contributed by atoms with Crippen molar-refractivity contribution in [3.05, 3.63) is 59.9 Å². The summed E-state index contributed by atoms with van der Waals surface area (Å²) < 4.78 is 5.15. The Hall–Kier alpha value is -3.35. The van der Waals surface area contributed by atoms with Crippen LogP contribution in [0.3, 0.4) is 0 Å². The third-order valence-corrected chi connectivity index (χ3v) is 5.07. The van der Waals surface area contributed by atoms with Crippen molar-refractivity contribution < 1.29 is 14.3 Å². The van der Waals surface area contributed by atoms with Gasteiger partial charge in [0.25, 0.3) is 0 Å². The molecule has 28 heavy (non-hydrogen) atoms. The second-order valence-electron chi connectivity index (χ2n) is 7.00. The van der Waals surface area contributed by atoms with E-state index in [9.17, 15) is 9.59 Å². The van der Waals surface area contributed by atoms with E-state index in [1.165, 1.54) is 0 Å². The molecule has 7 nitrogen and oxygen atoms in total. The molecule has 1 atom stereocenters. The first-order valence-electron chi connectivity index (χ1n) is 9.23. The van der Waals surface area contributed by atoms with Gasteiger partial charge in [-0.2, -0.15) is 0 Å². The zero-order chi connectivity index (χ0) is 19.5. The van der Waals surface area contributed by atoms with Crippen molar-refractivity contribution in [2.24, 2.45) is 5.92 Å². The average Bonchev–Trinajstić information content (AvgIpc) is 3.33. The van der Waals surface area contributed by atoms with E-state index in [1.54, 1.807) is 18.3 Å². The van der Waals surface area contributed by atoms with Gasteiger partial charge in [0.2, 0.25) is 11.8 Å². The summed E-state index contributed by atoms with van der Waals surface area (Å²) in [4.78, 5) is 33.8. The lowest BCUT2D eigenvalue weighted by atomic mass is 10.1. The molecule has 1 aromatic heterocycles. The summed E-state index contributed by atoms with van der Waals surface area (Å²) in [6, 6.07) is 13.4. The number of aromatic nitrogens is 2. The lowest BCUT2D eigenvalue weighted by Crippen LogP contribution is -2.32. The van der Waals surface area contributed by atoms with Crippen molar-refractivity contribution in [1.29, 1.82) is 0 Å². The second kappa shape index (κ2) is 7.72. The topological polar surface area (TPSA) is 87.3 Å². The van der Waals surface area contributed by atoms with Gasteiger partial charge >= 0.3 is 0 Å². The van der Waals surface area contributed by atoms with Crippen LogP contribution >= 0.6 is 0 Å². The molecule has 1 aliphatic heterocycles. The number of benzene rings is 2. The molecule has 144 valence electrons. The van der Waals surface area contributed by atoms with Crippen LogP contribution in [0.15, 0.2) is 48.8 Å². The summed E-state index contributed by atoms with van der Waals surface area (Å²) in [5.41, 5.74) is 3.84. The van der Waals surface area contributed by atoms with Crippen LogP contribution in [0.2, 0.25) is 0 Å². The van der Waals surface area contributed by atoms with E-state index in [0.717, 1.165) is 27.9 Å². The van der Waals surface area contributed by atoms with E-state index < -0.39 is 0 Å². The molecule has 2 N–H and O–H groups in total. The molecule has 0 bridgehead atoms. The second-order valence-corrected chi connectivity index (χ2v) is 7.00. The first-order valence-corrected chi connectivity index (χ1v) is 9.23. The number of amides is 2. The Balaban J connectivity index is 1.32. The quantitative estimate of drug-likeness (QED) is 0.689. The summed E-state index contributed by atoms with van der Waals surface area (Å²) in [5.74, 6) is 0.383. The number of aromatic amines is 1. The molecular weight excluding hydrogens is 356 g/mol. The molecule has 3 aromatic rings. The molecule has 0 radical (unpaired) electrons. The van der Waals surface area contributed by atoms with Crippen molar-refractivity contribution in [3.8, 4) is 5.75 Å². The fourth-order valence-corrected chi connectivity index (χ4v) is 3.48. The van der Waals surface area contributed by atoms with Gasteiger partial charge in [-0.1, -0.05) is 18.2 Å². The molecule has 0 aliphatic carbocycles. The number of methoxy groups -OCH3 is 1. The molecule has 2 heterocycles. The van der Waals surface area contributed by atoms with Gasteiger partial charge < -0.3 is 19.9 Å². The Bertz CT molecular complexity index is 996. The predicted molar refractivity (Wildman–Crippen MR) is 104 cm³/mol. The Labute approximate surface area is 162 Å². The molecule has 0 spiro atoms. The highest BCUT2D eigenvalue weighted by Gasteiger charge is 2.34. The van der Waals surface area contributed by atoms with E-state index in [1.807, 2.05) is 42.5 Å². The number of fused-ring (bicyclic) bond motifs is 1. The maximum Gasteiger partial charge on any atom is 0.225 e. The molecule has 4 rings (SSSR count). The lowest BCUT2D eigenvalue weighted by Gasteiger charge is -2.17. The first kappa shape index (κ1) is 18.0. The van der Waals surface area contributed by atoms with Gasteiger partial charge in [-0.05, 0) is 35.4 Å². The number of imidazole rings is 1. The Morgan fingerprint density at radius 1 is 1.25 bits per heavy atom. The molecule has 2 amide bonds. The van der Waals surface area contributed by atoms with Gasteiger partial charge in [-0.25, -0.2) is 4.98 Å². The van der Waals surface area contributed by atoms with Crippen LogP contribution in [0.1, 0.15) is 17.5 Å². The Morgan fingerprint density at radius 2 is 2.04 bits per heavy atom. The van der Waals surface area contributed by atoms with Crippen LogP contribution in [-0.4, -0.2) is 40.3 Å². The van der Waals surface area contributed by atoms with Crippen molar-refractivity contribution in [2.45, 2.75) is 19.5 Å². The van der Waals surface area contributed by atoms with E-state index in [0.29, 0.717) is 19.6 Å². The zero-order valence-corrected chi connectivity index (χ0v) is 15.6. The predicted octanol–water partition coefficient (Wildman–Crippen LogP) is 2.24. The fraction of sp³-hybridized carbons (Fsp3) is 0.286. The van der Waals surface area contributed by atoms with Crippen molar-refractivity contribution in [1.82, 2.24) is 20.2 Å². The number of H-pyrrole nitrogens is 1. The van der Waals surface area contributed by atoms with E-state index in [2.05, 4.69) is 15.3 Å². The number of ether oxygens (including phenoxy) is 1. The van der Waals surface area contributed by atoms with Gasteiger partial charge in [0.15, 0.2) is 0 Å². The summed E-state index contributed by atoms with van der Waals surface area (Å²) in [7, 11) is 1.62. The maximum absolute atomic E-state index is 12.5. The third kappa shape index (κ3) is 3.83. The SMILES string of the molecule is COc1ccc(CN2CC(C(=O)NCc3ccc4nc[nH]c4c3)CC2=O)cc1. The highest BCUT2D eigenvalue weighted by Crippen LogP contribution is 2.22. The minimum atomic E-state index is -0.318. The van der Waals surface area contributed by atoms with Gasteiger partial charge in [-0.3, -0.25) is 9.59 Å². The standard InChI is InChI=1S/C21H22N4O3/c1-28-17-5-2-14(3-6-17)11-25-12-16(9-20(25)26)21(27)22-10-15-4-7-18-19(8-15)24-13-23-18/h2-8,13,16H,9-12H2,1H3,(H,22,27)(H,23,24). The summed E-state index contributed by atoms with van der Waals surface area (Å²) >= 11 is 0. The highest BCUT2D eigenvalue weighted by atomic mass is 16.5. The van der Waals surface area contributed by atoms with E-state index in [4.69, 9.17) is 4.74 Å². The summed E-state index contributed by atoms with van der Waals surface area (Å²) in [5, 5.41) is 2.95. The van der Waals surface area contributed by atoms with Crippen LogP contribution in [0.25, 0.3) is 11.0 Å². The fourth-order valence-electron chi connectivity index (χ4n) is 3.48. The Morgan fingerprint density at radius 3 is 2.82 bits per heavy atom. The number of hydrogen-bond donors (Lipinski definition) is 2. The van der Waals surface area contributed by atoms with Crippen LogP contribution in [0.5, 0.6) is 5.75 Å². The number of likely N-dealkylation sites (tertiary alicyclic amines) is 1. The molecule has 0 saturated carbocycles. The van der Waals surface area contributed by atoms with Gasteiger partial charge in [0, 0.05) is 26.1 Å². The highest BCUT2D eigenvalue weighted by molar-refractivity contribution is 5.89. The Kier molecular flexibility index (Phi) is 4.97. The van der Waals surface area contributed by atoms with Crippen molar-refractivity contribution in [2.75, 3.05) is 13.7 Å². The largest absolute Gasteiger partial charge is 0.497 e. The number of nitrogens with zero attached hydrogens (tertiary/aromatic N) is 2. The summed E-state index contributed by atoms with van der Waals surface area (Å²) in [6.45, 7) is 1.37. The molecular formula is C21H22N4O3. The molecule has 2 aromatic carbocycles. The van der Waals surface area contributed by atoms with E-state index in [-0.39, 0.29) is 24.2 Å². The number of hydrogen-bond acceptors (Lipinski definition) is 4. The van der Waals surface area contributed by atoms with E-state index >= 15 is 0 Å². The van der Waals surface area contributed by atoms with Crippen LogP contribution in [-0.2, 0) is 22.7 Å². The first-order chi connectivity index (χ1) is 13.6. The zero-order valence-electron chi connectivity index (χ0n) is 15.6. The lowest BCUT2D eigenvalue weighted by molar-refractivity contribution is -0.129. The van der Waals surface area contributed by atoms with Crippen molar-refractivity contribution in [3.63, 3.8) is 0 Å². The molecule has 7 heteroatoms. The van der Waals surface area contributed by atoms with Gasteiger partial charge in [0.05, 0.1) is 30.4 Å². The maximum atomic E-state index is 12.5. The number of carbonyl (C=O) groups is 2. The number of carbonyl (C=O) groups excluding carboxylic acids is 2. The van der Waals surface area contributed by atoms with Crippen LogP contribution < -0.4 is 10.1 Å². The number of rotatable bonds is 6. The molecule has 1 aliphatic rings. The smallest absolute Gasteiger partial charge is 0.225 e. The molecule has 1 unspecified atom stereocenters. The average molecular weight is 378 g/mol. The normalized spacial score (nSPS) is 16.5. The summed E-state index contributed by atoms with van der Waals surface area (Å²) in [6.07, 6.45) is 1.90. The third-order valence-electron chi connectivity index (χ3n) is 5.07. The molecule has 1 fully saturated rings. The van der Waals surface area contributed by atoms with Crippen LogP contribution in [0, 0.1) is 5.92 Å². The van der Waals surface area contributed by atoms with Gasteiger partial charge in [-0.15, -0.1) is 0 Å². The number of nitrogens with one attached hydrogen (secondary N) is 2. The monoisotopic (exact) mass is 378 g/mol. The van der Waals surface area contributed by atoms with Crippen molar-refractivity contribution >= 4 is 22.8 Å². The minimum Gasteiger partial charge on any atom is -0.497 e. The van der Waals surface area contributed by atoms with Crippen LogP contribution in [0.4, 0.5) is 0 Å². The van der Waals surface area contributed by atoms with Gasteiger partial charge in [0.1, 0.15) is 5.75 Å². The minimum absolute atomic E-state index is 0.00912. The molecule has 1 saturated heterocycles.